The lowest BCUT2D eigenvalue weighted by Gasteiger charge is -2.43. The first kappa shape index (κ1) is 22.9. The number of hydrogen-bond acceptors (Lipinski definition) is 2. The van der Waals surface area contributed by atoms with Gasteiger partial charge in [0, 0.05) is 29.5 Å². The Kier molecular flexibility index (Phi) is 6.01. The Labute approximate surface area is 214 Å². The van der Waals surface area contributed by atoms with Gasteiger partial charge in [-0.25, -0.2) is 4.39 Å². The van der Waals surface area contributed by atoms with Crippen LogP contribution < -0.4 is 5.32 Å². The number of nitrogens with one attached hydrogen (secondary N) is 1. The molecule has 0 saturated carbocycles. The quantitative estimate of drug-likeness (QED) is 0.439. The van der Waals surface area contributed by atoms with Crippen LogP contribution in [-0.4, -0.2) is 30.4 Å². The van der Waals surface area contributed by atoms with Crippen LogP contribution in [0.2, 0.25) is 0 Å². The van der Waals surface area contributed by atoms with Gasteiger partial charge in [0.15, 0.2) is 0 Å². The van der Waals surface area contributed by atoms with E-state index in [1.165, 1.54) is 28.8 Å². The highest BCUT2D eigenvalue weighted by atomic mass is 79.9. The number of piperidine rings is 1. The number of hydrogen-bond donors (Lipinski definition) is 1. The third-order valence-corrected chi connectivity index (χ3v) is 9.11. The summed E-state index contributed by atoms with van der Waals surface area (Å²) < 4.78 is 14.9. The third kappa shape index (κ3) is 4.03. The van der Waals surface area contributed by atoms with E-state index in [2.05, 4.69) is 68.6 Å². The Hall–Kier alpha value is -2.50. The van der Waals surface area contributed by atoms with E-state index < -0.39 is 0 Å². The molecule has 0 aromatic heterocycles. The summed E-state index contributed by atoms with van der Waals surface area (Å²) in [6, 6.07) is 23.8. The molecule has 0 bridgehead atoms. The lowest BCUT2D eigenvalue weighted by molar-refractivity contribution is -0.141. The minimum absolute atomic E-state index is 0.0527. The zero-order chi connectivity index (χ0) is 24.0. The van der Waals surface area contributed by atoms with Crippen LogP contribution in [0.25, 0.3) is 0 Å². The Balaban J connectivity index is 1.34. The van der Waals surface area contributed by atoms with Crippen molar-refractivity contribution in [3.63, 3.8) is 0 Å². The summed E-state index contributed by atoms with van der Waals surface area (Å²) in [4.78, 5) is 16.5. The van der Waals surface area contributed by atoms with Crippen molar-refractivity contribution >= 4 is 21.8 Å². The first-order chi connectivity index (χ1) is 17.0. The van der Waals surface area contributed by atoms with Gasteiger partial charge in [0.05, 0.1) is 12.0 Å². The topological polar surface area (TPSA) is 32.3 Å². The lowest BCUT2D eigenvalue weighted by atomic mass is 9.72. The van der Waals surface area contributed by atoms with Crippen molar-refractivity contribution in [2.75, 3.05) is 19.6 Å². The molecule has 3 nitrogen and oxygen atoms in total. The maximum Gasteiger partial charge on any atom is 0.228 e. The smallest absolute Gasteiger partial charge is 0.228 e. The van der Waals surface area contributed by atoms with E-state index >= 15 is 0 Å². The summed E-state index contributed by atoms with van der Waals surface area (Å²) in [5.41, 5.74) is 4.88. The molecule has 2 heterocycles. The van der Waals surface area contributed by atoms with Gasteiger partial charge in [-0.05, 0) is 78.1 Å². The average molecular weight is 533 g/mol. The van der Waals surface area contributed by atoms with Gasteiger partial charge in [-0.2, -0.15) is 0 Å². The zero-order valence-corrected chi connectivity index (χ0v) is 21.3. The molecule has 1 N–H and O–H groups in total. The number of nitrogens with zero attached hydrogens (tertiary/aromatic N) is 1. The van der Waals surface area contributed by atoms with Crippen molar-refractivity contribution in [3.8, 4) is 0 Å². The minimum Gasteiger partial charge on any atom is -0.335 e. The second-order valence-electron chi connectivity index (χ2n) is 10.4. The van der Waals surface area contributed by atoms with Gasteiger partial charge in [0.1, 0.15) is 5.82 Å². The fourth-order valence-electron chi connectivity index (χ4n) is 6.81. The van der Waals surface area contributed by atoms with Gasteiger partial charge in [-0.1, -0.05) is 64.5 Å². The van der Waals surface area contributed by atoms with Crippen molar-refractivity contribution < 1.29 is 9.18 Å². The monoisotopic (exact) mass is 532 g/mol. The van der Waals surface area contributed by atoms with E-state index in [1.54, 1.807) is 0 Å². The molecule has 3 aromatic rings. The highest BCUT2D eigenvalue weighted by Crippen LogP contribution is 2.49. The largest absolute Gasteiger partial charge is 0.335 e. The maximum absolute atomic E-state index is 14.4. The third-order valence-electron chi connectivity index (χ3n) is 8.61. The number of carbonyl (C=O) groups is 1. The van der Waals surface area contributed by atoms with Crippen molar-refractivity contribution in [2.45, 2.75) is 43.1 Å². The number of likely N-dealkylation sites (tertiary alicyclic amines) is 1. The molecule has 6 rings (SSSR count). The van der Waals surface area contributed by atoms with Gasteiger partial charge in [0.25, 0.3) is 0 Å². The molecule has 4 atom stereocenters. The van der Waals surface area contributed by atoms with Crippen molar-refractivity contribution in [3.05, 3.63) is 105 Å². The summed E-state index contributed by atoms with van der Waals surface area (Å²) in [5.74, 6) is 0.293. The fraction of sp³-hybridized carbons (Fsp3) is 0.367. The summed E-state index contributed by atoms with van der Waals surface area (Å²) in [7, 11) is 0. The SMILES string of the molecule is O=C(C1CNCC12CCc1ccc(Br)cc12)N1CCC(c2ccccc2)CC1c1ccc(F)cc1. The van der Waals surface area contributed by atoms with E-state index in [9.17, 15) is 9.18 Å². The highest BCUT2D eigenvalue weighted by Gasteiger charge is 2.53. The molecule has 3 aromatic carbocycles. The van der Waals surface area contributed by atoms with Crippen LogP contribution in [0, 0.1) is 11.7 Å². The van der Waals surface area contributed by atoms with Gasteiger partial charge in [-0.3, -0.25) is 4.79 Å². The van der Waals surface area contributed by atoms with Crippen LogP contribution in [-0.2, 0) is 16.6 Å². The zero-order valence-electron chi connectivity index (χ0n) is 19.7. The average Bonchev–Trinajstić information content (AvgIpc) is 3.49. The van der Waals surface area contributed by atoms with E-state index in [0.29, 0.717) is 12.5 Å². The Morgan fingerprint density at radius 2 is 1.83 bits per heavy atom. The number of fused-ring (bicyclic) bond motifs is 2. The van der Waals surface area contributed by atoms with Gasteiger partial charge in [0.2, 0.25) is 5.91 Å². The number of rotatable bonds is 3. The molecule has 5 heteroatoms. The Morgan fingerprint density at radius 1 is 1.03 bits per heavy atom. The van der Waals surface area contributed by atoms with Crippen LogP contribution in [0.5, 0.6) is 0 Å². The van der Waals surface area contributed by atoms with Crippen LogP contribution >= 0.6 is 15.9 Å². The highest BCUT2D eigenvalue weighted by molar-refractivity contribution is 9.10. The van der Waals surface area contributed by atoms with E-state index in [-0.39, 0.29) is 29.1 Å². The number of benzene rings is 3. The number of aryl methyl sites for hydroxylation is 1. The van der Waals surface area contributed by atoms with Crippen LogP contribution in [0.4, 0.5) is 4.39 Å². The maximum atomic E-state index is 14.4. The Morgan fingerprint density at radius 3 is 2.63 bits per heavy atom. The molecule has 1 amide bonds. The fourth-order valence-corrected chi connectivity index (χ4v) is 7.17. The molecule has 4 unspecified atom stereocenters. The first-order valence-corrected chi connectivity index (χ1v) is 13.4. The van der Waals surface area contributed by atoms with Gasteiger partial charge >= 0.3 is 0 Å². The molecule has 0 radical (unpaired) electrons. The summed E-state index contributed by atoms with van der Waals surface area (Å²) in [6.45, 7) is 2.27. The molecule has 180 valence electrons. The van der Waals surface area contributed by atoms with Crippen molar-refractivity contribution in [2.24, 2.45) is 5.92 Å². The number of amides is 1. The molecule has 1 aliphatic carbocycles. The molecule has 35 heavy (non-hydrogen) atoms. The van der Waals surface area contributed by atoms with Gasteiger partial charge in [-0.15, -0.1) is 0 Å². The van der Waals surface area contributed by atoms with Gasteiger partial charge < -0.3 is 10.2 Å². The molecular weight excluding hydrogens is 503 g/mol. The predicted molar refractivity (Wildman–Crippen MR) is 140 cm³/mol. The molecule has 1 spiro atoms. The molecule has 2 fully saturated rings. The Bertz CT molecular complexity index is 1230. The molecule has 2 aliphatic heterocycles. The van der Waals surface area contributed by atoms with Crippen molar-refractivity contribution in [1.29, 1.82) is 0 Å². The molecular formula is C30H30BrFN2O. The van der Waals surface area contributed by atoms with E-state index in [4.69, 9.17) is 0 Å². The standard InChI is InChI=1S/C30H30BrFN2O/c31-24-9-6-21-12-14-30(26(21)17-24)19-33-18-27(30)29(35)34-15-13-23(20-4-2-1-3-5-20)16-28(34)22-7-10-25(32)11-8-22/h1-11,17,23,27-28,33H,12-16,18-19H2. The molecule has 2 saturated heterocycles. The molecule has 3 aliphatic rings. The van der Waals surface area contributed by atoms with Crippen LogP contribution in [0.15, 0.2) is 77.3 Å². The van der Waals surface area contributed by atoms with Crippen LogP contribution in [0.3, 0.4) is 0 Å². The summed E-state index contributed by atoms with van der Waals surface area (Å²) in [5, 5.41) is 3.57. The van der Waals surface area contributed by atoms with Crippen LogP contribution in [0.1, 0.15) is 53.5 Å². The summed E-state index contributed by atoms with van der Waals surface area (Å²) in [6.07, 6.45) is 3.83. The van der Waals surface area contributed by atoms with E-state index in [0.717, 1.165) is 48.8 Å². The normalized spacial score (nSPS) is 27.8. The van der Waals surface area contributed by atoms with E-state index in [1.807, 2.05) is 18.2 Å². The summed E-state index contributed by atoms with van der Waals surface area (Å²) >= 11 is 3.66. The second-order valence-corrected chi connectivity index (χ2v) is 11.3. The minimum atomic E-state index is -0.242. The number of carbonyl (C=O) groups excluding carboxylic acids is 1. The van der Waals surface area contributed by atoms with Crippen molar-refractivity contribution in [1.82, 2.24) is 10.2 Å². The number of halogens is 2. The predicted octanol–water partition coefficient (Wildman–Crippen LogP) is 6.14. The first-order valence-electron chi connectivity index (χ1n) is 12.7. The lowest BCUT2D eigenvalue weighted by Crippen LogP contribution is -2.49. The second kappa shape index (κ2) is 9.18.